The maximum Gasteiger partial charge on any atom is 0.258 e. The smallest absolute Gasteiger partial charge is 0.258 e. The number of phenolic OH excluding ortho intramolecular Hbond substituents is 1. The van der Waals surface area contributed by atoms with Gasteiger partial charge in [0.05, 0.1) is 17.9 Å². The Labute approximate surface area is 201 Å². The molecule has 0 spiro atoms. The van der Waals surface area contributed by atoms with Gasteiger partial charge in [0.25, 0.3) is 5.91 Å². The van der Waals surface area contributed by atoms with Gasteiger partial charge in [-0.3, -0.25) is 14.7 Å². The summed E-state index contributed by atoms with van der Waals surface area (Å²) in [7, 11) is 3.31. The molecule has 0 saturated carbocycles. The van der Waals surface area contributed by atoms with Crippen molar-refractivity contribution in [3.8, 4) is 11.5 Å². The van der Waals surface area contributed by atoms with Crippen LogP contribution in [-0.2, 0) is 17.8 Å². The number of aromatic hydroxyl groups is 1. The van der Waals surface area contributed by atoms with Crippen molar-refractivity contribution in [2.45, 2.75) is 20.0 Å². The van der Waals surface area contributed by atoms with E-state index in [0.717, 1.165) is 66.4 Å². The molecule has 0 bridgehead atoms. The minimum absolute atomic E-state index is 0.0213. The molecule has 34 heavy (non-hydrogen) atoms. The topological polar surface area (TPSA) is 86.6 Å². The molecule has 8 nitrogen and oxygen atoms in total. The van der Waals surface area contributed by atoms with Crippen LogP contribution in [0.3, 0.4) is 0 Å². The molecule has 2 aliphatic heterocycles. The first-order chi connectivity index (χ1) is 16.5. The molecule has 0 aliphatic carbocycles. The lowest BCUT2D eigenvalue weighted by Gasteiger charge is -2.26. The zero-order chi connectivity index (χ0) is 24.1. The third-order valence-electron chi connectivity index (χ3n) is 6.51. The molecule has 2 N–H and O–H groups in total. The number of nitrogens with one attached hydrogen (secondary N) is 1. The third kappa shape index (κ3) is 5.41. The summed E-state index contributed by atoms with van der Waals surface area (Å²) >= 11 is 0. The molecule has 8 heteroatoms. The fourth-order valence-corrected chi connectivity index (χ4v) is 4.58. The largest absolute Gasteiger partial charge is 0.507 e. The highest BCUT2D eigenvalue weighted by Crippen LogP contribution is 2.31. The van der Waals surface area contributed by atoms with E-state index in [4.69, 9.17) is 9.47 Å². The van der Waals surface area contributed by atoms with Crippen molar-refractivity contribution in [1.82, 2.24) is 15.1 Å². The normalized spacial score (nSPS) is 16.6. The lowest BCUT2D eigenvalue weighted by atomic mass is 9.99. The number of piperazine rings is 1. The van der Waals surface area contributed by atoms with Crippen molar-refractivity contribution in [3.63, 3.8) is 0 Å². The first-order valence-electron chi connectivity index (χ1n) is 11.8. The molecule has 2 aromatic carbocycles. The standard InChI is InChI=1S/C26H34N4O4/c1-18-12-25(31)23(14-22(18)24(27-2)17-33-3)26(32)30-15-19-4-5-21(13-20(19)16-30)34-11-10-29-8-6-28-7-9-29/h4-5,12-14,28,31H,6-11,15-17H2,1-3H3/b27-24-. The van der Waals surface area contributed by atoms with Gasteiger partial charge in [-0.15, -0.1) is 0 Å². The summed E-state index contributed by atoms with van der Waals surface area (Å²) in [5.74, 6) is 0.600. The molecular weight excluding hydrogens is 432 g/mol. The van der Waals surface area contributed by atoms with E-state index in [2.05, 4.69) is 15.2 Å². The molecule has 2 aromatic rings. The molecule has 0 aromatic heterocycles. The minimum Gasteiger partial charge on any atom is -0.507 e. The molecule has 1 amide bonds. The van der Waals surface area contributed by atoms with Crippen molar-refractivity contribution in [2.75, 3.05) is 60.1 Å². The van der Waals surface area contributed by atoms with Crippen molar-refractivity contribution in [3.05, 3.63) is 58.1 Å². The summed E-state index contributed by atoms with van der Waals surface area (Å²) in [6.45, 7) is 8.92. The van der Waals surface area contributed by atoms with Gasteiger partial charge in [-0.25, -0.2) is 0 Å². The molecule has 182 valence electrons. The van der Waals surface area contributed by atoms with Gasteiger partial charge in [0, 0.05) is 65.5 Å². The van der Waals surface area contributed by atoms with E-state index in [1.165, 1.54) is 0 Å². The van der Waals surface area contributed by atoms with Gasteiger partial charge in [-0.2, -0.15) is 0 Å². The number of methoxy groups -OCH3 is 1. The highest BCUT2D eigenvalue weighted by atomic mass is 16.5. The van der Waals surface area contributed by atoms with Crippen molar-refractivity contribution < 1.29 is 19.4 Å². The molecular formula is C26H34N4O4. The SMILES string of the molecule is C/N=C(/COC)c1cc(C(=O)N2Cc3ccc(OCCN4CCNCC4)cc3C2)c(O)cc1C. The zero-order valence-corrected chi connectivity index (χ0v) is 20.3. The van der Waals surface area contributed by atoms with Crippen LogP contribution < -0.4 is 10.1 Å². The highest BCUT2D eigenvalue weighted by Gasteiger charge is 2.27. The quantitative estimate of drug-likeness (QED) is 0.580. The van der Waals surface area contributed by atoms with Gasteiger partial charge in [0.15, 0.2) is 0 Å². The number of benzene rings is 2. The van der Waals surface area contributed by atoms with E-state index in [1.54, 1.807) is 31.2 Å². The van der Waals surface area contributed by atoms with Crippen molar-refractivity contribution >= 4 is 11.6 Å². The second-order valence-electron chi connectivity index (χ2n) is 8.82. The molecule has 0 radical (unpaired) electrons. The molecule has 4 rings (SSSR count). The molecule has 2 aliphatic rings. The number of carbonyl (C=O) groups is 1. The summed E-state index contributed by atoms with van der Waals surface area (Å²) in [5, 5.41) is 13.9. The fourth-order valence-electron chi connectivity index (χ4n) is 4.58. The second kappa shape index (κ2) is 11.0. The summed E-state index contributed by atoms with van der Waals surface area (Å²) < 4.78 is 11.2. The molecule has 2 heterocycles. The number of hydrogen-bond donors (Lipinski definition) is 2. The number of amides is 1. The summed E-state index contributed by atoms with van der Waals surface area (Å²) in [5.41, 5.74) is 4.85. The number of hydrogen-bond acceptors (Lipinski definition) is 7. The van der Waals surface area contributed by atoms with Gasteiger partial charge in [0.1, 0.15) is 18.1 Å². The van der Waals surface area contributed by atoms with Crippen LogP contribution in [-0.4, -0.2) is 86.6 Å². The van der Waals surface area contributed by atoms with E-state index in [9.17, 15) is 9.90 Å². The average Bonchev–Trinajstić information content (AvgIpc) is 3.27. The Hall–Kier alpha value is -2.94. The predicted octanol–water partition coefficient (Wildman–Crippen LogP) is 2.21. The third-order valence-corrected chi connectivity index (χ3v) is 6.51. The Morgan fingerprint density at radius 3 is 2.62 bits per heavy atom. The van der Waals surface area contributed by atoms with Crippen LogP contribution >= 0.6 is 0 Å². The number of rotatable bonds is 8. The van der Waals surface area contributed by atoms with Gasteiger partial charge in [-0.1, -0.05) is 6.07 Å². The number of phenols is 1. The zero-order valence-electron chi connectivity index (χ0n) is 20.3. The number of carbonyl (C=O) groups excluding carboxylic acids is 1. The Morgan fingerprint density at radius 2 is 1.88 bits per heavy atom. The maximum absolute atomic E-state index is 13.4. The Kier molecular flexibility index (Phi) is 7.82. The number of nitrogens with zero attached hydrogens (tertiary/aromatic N) is 3. The van der Waals surface area contributed by atoms with Crippen LogP contribution in [0.15, 0.2) is 35.3 Å². The first kappa shape index (κ1) is 24.2. The number of aryl methyl sites for hydroxylation is 1. The molecule has 0 atom stereocenters. The van der Waals surface area contributed by atoms with Crippen LogP contribution in [0, 0.1) is 6.92 Å². The van der Waals surface area contributed by atoms with Crippen LogP contribution in [0.5, 0.6) is 11.5 Å². The summed E-state index contributed by atoms with van der Waals surface area (Å²) in [4.78, 5) is 21.8. The van der Waals surface area contributed by atoms with Crippen LogP contribution in [0.4, 0.5) is 0 Å². The van der Waals surface area contributed by atoms with Gasteiger partial charge >= 0.3 is 0 Å². The van der Waals surface area contributed by atoms with E-state index in [0.29, 0.717) is 26.3 Å². The summed E-state index contributed by atoms with van der Waals surface area (Å²) in [6.07, 6.45) is 0. The van der Waals surface area contributed by atoms with Gasteiger partial charge in [0.2, 0.25) is 0 Å². The minimum atomic E-state index is -0.205. The lowest BCUT2D eigenvalue weighted by molar-refractivity contribution is 0.0748. The number of aliphatic imine (C=N–C) groups is 1. The van der Waals surface area contributed by atoms with Crippen molar-refractivity contribution in [1.29, 1.82) is 0 Å². The van der Waals surface area contributed by atoms with Crippen LogP contribution in [0.2, 0.25) is 0 Å². The average molecular weight is 467 g/mol. The Morgan fingerprint density at radius 1 is 1.12 bits per heavy atom. The van der Waals surface area contributed by atoms with E-state index in [1.807, 2.05) is 25.1 Å². The predicted molar refractivity (Wildman–Crippen MR) is 132 cm³/mol. The van der Waals surface area contributed by atoms with Crippen molar-refractivity contribution in [2.24, 2.45) is 4.99 Å². The molecule has 0 unspecified atom stereocenters. The highest BCUT2D eigenvalue weighted by molar-refractivity contribution is 6.06. The monoisotopic (exact) mass is 466 g/mol. The van der Waals surface area contributed by atoms with Gasteiger partial charge < -0.3 is 24.8 Å². The first-order valence-corrected chi connectivity index (χ1v) is 11.8. The van der Waals surface area contributed by atoms with Gasteiger partial charge in [-0.05, 0) is 47.9 Å². The number of ether oxygens (including phenoxy) is 2. The van der Waals surface area contributed by atoms with E-state index < -0.39 is 0 Å². The van der Waals surface area contributed by atoms with Crippen LogP contribution in [0.25, 0.3) is 0 Å². The Bertz CT molecular complexity index is 1060. The van der Waals surface area contributed by atoms with E-state index >= 15 is 0 Å². The number of fused-ring (bicyclic) bond motifs is 1. The maximum atomic E-state index is 13.4. The lowest BCUT2D eigenvalue weighted by Crippen LogP contribution is -2.44. The molecule has 1 fully saturated rings. The fraction of sp³-hybridized carbons (Fsp3) is 0.462. The Balaban J connectivity index is 1.43. The van der Waals surface area contributed by atoms with Crippen LogP contribution in [0.1, 0.15) is 32.6 Å². The molecule has 1 saturated heterocycles. The summed E-state index contributed by atoms with van der Waals surface area (Å²) in [6, 6.07) is 9.38. The second-order valence-corrected chi connectivity index (χ2v) is 8.82. The van der Waals surface area contributed by atoms with E-state index in [-0.39, 0.29) is 17.2 Å².